The second-order valence-corrected chi connectivity index (χ2v) is 9.90. The maximum absolute atomic E-state index is 13.1. The topological polar surface area (TPSA) is 58.3 Å². The summed E-state index contributed by atoms with van der Waals surface area (Å²) in [6, 6.07) is 15.0. The quantitative estimate of drug-likeness (QED) is 0.632. The standard InChI is InChI=1S/C25H32N4O2/c1-19-9-11-25(12-10-19)23(30)29(24(31)26-25)18-28-15-13-27(14-16-28)17-21-7-4-6-20-5-2-3-8-22(20)21/h2-8,19H,9-18H2,1H3,(H,26,31)/p+2. The molecule has 3 N–H and O–H groups in total. The fraction of sp³-hybridized carbons (Fsp3) is 0.520. The number of nitrogens with one attached hydrogen (secondary N) is 3. The fourth-order valence-electron chi connectivity index (χ4n) is 5.65. The molecule has 2 aliphatic heterocycles. The molecule has 5 rings (SSSR count). The predicted molar refractivity (Wildman–Crippen MR) is 120 cm³/mol. The Kier molecular flexibility index (Phi) is 5.44. The van der Waals surface area contributed by atoms with Crippen LogP contribution >= 0.6 is 0 Å². The summed E-state index contributed by atoms with van der Waals surface area (Å²) >= 11 is 0. The average molecular weight is 423 g/mol. The van der Waals surface area contributed by atoms with Crippen LogP contribution in [-0.2, 0) is 11.3 Å². The van der Waals surface area contributed by atoms with Gasteiger partial charge < -0.3 is 15.1 Å². The largest absolute Gasteiger partial charge is 0.329 e. The van der Waals surface area contributed by atoms with Crippen LogP contribution < -0.4 is 15.1 Å². The van der Waals surface area contributed by atoms with Crippen LogP contribution in [0.1, 0.15) is 38.2 Å². The third kappa shape index (κ3) is 3.94. The molecule has 1 aliphatic carbocycles. The maximum Gasteiger partial charge on any atom is 0.329 e. The Hall–Kier alpha value is -2.44. The smallest absolute Gasteiger partial charge is 0.323 e. The Labute approximate surface area is 184 Å². The number of hydrogen-bond acceptors (Lipinski definition) is 2. The van der Waals surface area contributed by atoms with E-state index in [9.17, 15) is 9.59 Å². The summed E-state index contributed by atoms with van der Waals surface area (Å²) in [4.78, 5) is 30.2. The lowest BCUT2D eigenvalue weighted by atomic mass is 9.77. The van der Waals surface area contributed by atoms with Crippen LogP contribution in [0.5, 0.6) is 0 Å². The van der Waals surface area contributed by atoms with E-state index >= 15 is 0 Å². The van der Waals surface area contributed by atoms with E-state index in [1.807, 2.05) is 0 Å². The normalized spacial score (nSPS) is 31.4. The van der Waals surface area contributed by atoms with Crippen molar-refractivity contribution in [3.63, 3.8) is 0 Å². The van der Waals surface area contributed by atoms with E-state index in [0.29, 0.717) is 12.6 Å². The van der Waals surface area contributed by atoms with Crippen molar-refractivity contribution in [2.24, 2.45) is 5.92 Å². The molecule has 2 aromatic rings. The van der Waals surface area contributed by atoms with Gasteiger partial charge >= 0.3 is 6.03 Å². The minimum Gasteiger partial charge on any atom is -0.323 e. The molecule has 1 saturated carbocycles. The third-order valence-electron chi connectivity index (χ3n) is 7.74. The molecule has 0 radical (unpaired) electrons. The molecule has 3 amide bonds. The lowest BCUT2D eigenvalue weighted by Gasteiger charge is -2.34. The first-order valence-corrected chi connectivity index (χ1v) is 11.8. The molecule has 1 spiro atoms. The Morgan fingerprint density at radius 3 is 2.42 bits per heavy atom. The van der Waals surface area contributed by atoms with E-state index in [-0.39, 0.29) is 11.9 Å². The molecule has 3 aliphatic rings. The highest BCUT2D eigenvalue weighted by atomic mass is 16.2. The summed E-state index contributed by atoms with van der Waals surface area (Å²) in [6.07, 6.45) is 3.60. The van der Waals surface area contributed by atoms with Crippen LogP contribution in [0, 0.1) is 5.92 Å². The number of amides is 3. The molecule has 164 valence electrons. The number of carbonyl (C=O) groups excluding carboxylic acids is 2. The summed E-state index contributed by atoms with van der Waals surface area (Å²) in [6.45, 7) is 7.86. The number of fused-ring (bicyclic) bond motifs is 1. The van der Waals surface area contributed by atoms with Crippen molar-refractivity contribution in [3.05, 3.63) is 48.0 Å². The minimum absolute atomic E-state index is 0.0161. The summed E-state index contributed by atoms with van der Waals surface area (Å²) in [5, 5.41) is 5.70. The summed E-state index contributed by atoms with van der Waals surface area (Å²) < 4.78 is 0. The van der Waals surface area contributed by atoms with Crippen molar-refractivity contribution < 1.29 is 19.4 Å². The fourth-order valence-corrected chi connectivity index (χ4v) is 5.65. The van der Waals surface area contributed by atoms with Crippen LogP contribution in [-0.4, -0.2) is 55.2 Å². The number of benzene rings is 2. The molecule has 2 aromatic carbocycles. The number of carbonyl (C=O) groups is 2. The van der Waals surface area contributed by atoms with E-state index in [1.165, 1.54) is 26.1 Å². The monoisotopic (exact) mass is 422 g/mol. The maximum atomic E-state index is 13.1. The van der Waals surface area contributed by atoms with Gasteiger partial charge in [-0.15, -0.1) is 0 Å². The zero-order valence-electron chi connectivity index (χ0n) is 18.5. The zero-order chi connectivity index (χ0) is 21.4. The second kappa shape index (κ2) is 8.24. The van der Waals surface area contributed by atoms with Gasteiger partial charge in [-0.3, -0.25) is 4.79 Å². The van der Waals surface area contributed by atoms with Gasteiger partial charge in [-0.05, 0) is 42.4 Å². The molecule has 0 atom stereocenters. The van der Waals surface area contributed by atoms with Crippen molar-refractivity contribution in [2.45, 2.75) is 44.7 Å². The van der Waals surface area contributed by atoms with Crippen molar-refractivity contribution in [3.8, 4) is 0 Å². The molecule has 31 heavy (non-hydrogen) atoms. The SMILES string of the molecule is CC1CCC2(CC1)NC(=O)N(C[NH+]1CC[NH+](Cc3cccc4ccccc34)CC1)C2=O. The average Bonchev–Trinajstić information content (AvgIpc) is 3.01. The number of hydrogen-bond donors (Lipinski definition) is 3. The van der Waals surface area contributed by atoms with Gasteiger partial charge in [-0.1, -0.05) is 49.4 Å². The second-order valence-electron chi connectivity index (χ2n) is 9.90. The number of imide groups is 1. The lowest BCUT2D eigenvalue weighted by molar-refractivity contribution is -1.02. The highest BCUT2D eigenvalue weighted by molar-refractivity contribution is 6.06. The molecule has 6 nitrogen and oxygen atoms in total. The number of quaternary nitrogens is 2. The summed E-state index contributed by atoms with van der Waals surface area (Å²) in [7, 11) is 0. The Morgan fingerprint density at radius 1 is 0.968 bits per heavy atom. The molecule has 2 saturated heterocycles. The highest BCUT2D eigenvalue weighted by Gasteiger charge is 2.53. The van der Waals surface area contributed by atoms with Gasteiger partial charge in [0.1, 0.15) is 38.3 Å². The van der Waals surface area contributed by atoms with Gasteiger partial charge in [-0.25, -0.2) is 9.69 Å². The van der Waals surface area contributed by atoms with Crippen LogP contribution in [0.25, 0.3) is 10.8 Å². The highest BCUT2D eigenvalue weighted by Crippen LogP contribution is 2.35. The van der Waals surface area contributed by atoms with Crippen molar-refractivity contribution in [1.82, 2.24) is 10.2 Å². The molecular formula is C25H34N4O2+2. The number of nitrogens with zero attached hydrogens (tertiary/aromatic N) is 1. The summed E-state index contributed by atoms with van der Waals surface area (Å²) in [5.74, 6) is 0.662. The van der Waals surface area contributed by atoms with Gasteiger partial charge in [-0.2, -0.15) is 0 Å². The molecule has 0 unspecified atom stereocenters. The van der Waals surface area contributed by atoms with E-state index in [1.54, 1.807) is 4.90 Å². The molecule has 0 bridgehead atoms. The molecule has 0 aromatic heterocycles. The first kappa shape index (κ1) is 20.5. The van der Waals surface area contributed by atoms with Gasteiger partial charge in [0, 0.05) is 5.56 Å². The first-order chi connectivity index (χ1) is 15.0. The molecule has 6 heteroatoms. The van der Waals surface area contributed by atoms with Crippen LogP contribution in [0.2, 0.25) is 0 Å². The van der Waals surface area contributed by atoms with Gasteiger partial charge in [0.25, 0.3) is 5.91 Å². The van der Waals surface area contributed by atoms with Crippen molar-refractivity contribution >= 4 is 22.7 Å². The Morgan fingerprint density at radius 2 is 1.65 bits per heavy atom. The predicted octanol–water partition coefficient (Wildman–Crippen LogP) is 0.581. The van der Waals surface area contributed by atoms with Gasteiger partial charge in [0.2, 0.25) is 0 Å². The van der Waals surface area contributed by atoms with Crippen LogP contribution in [0.4, 0.5) is 4.79 Å². The number of rotatable bonds is 4. The van der Waals surface area contributed by atoms with Gasteiger partial charge in [0.05, 0.1) is 0 Å². The molecule has 3 fully saturated rings. The third-order valence-corrected chi connectivity index (χ3v) is 7.74. The van der Waals surface area contributed by atoms with Crippen LogP contribution in [0.3, 0.4) is 0 Å². The van der Waals surface area contributed by atoms with Crippen molar-refractivity contribution in [2.75, 3.05) is 32.8 Å². The minimum atomic E-state index is -0.621. The van der Waals surface area contributed by atoms with E-state index in [2.05, 4.69) is 54.7 Å². The van der Waals surface area contributed by atoms with Crippen molar-refractivity contribution in [1.29, 1.82) is 0 Å². The van der Waals surface area contributed by atoms with Crippen LogP contribution in [0.15, 0.2) is 42.5 Å². The Balaban J connectivity index is 1.18. The molecular weight excluding hydrogens is 388 g/mol. The number of urea groups is 1. The van der Waals surface area contributed by atoms with E-state index < -0.39 is 5.54 Å². The first-order valence-electron chi connectivity index (χ1n) is 11.8. The Bertz CT molecular complexity index is 969. The van der Waals surface area contributed by atoms with E-state index in [0.717, 1.165) is 58.4 Å². The molecule has 2 heterocycles. The van der Waals surface area contributed by atoms with Gasteiger partial charge in [0.15, 0.2) is 6.67 Å². The summed E-state index contributed by atoms with van der Waals surface area (Å²) in [5.41, 5.74) is 0.781. The number of piperazine rings is 1. The zero-order valence-corrected chi connectivity index (χ0v) is 18.5. The lowest BCUT2D eigenvalue weighted by Crippen LogP contribution is -3.28. The van der Waals surface area contributed by atoms with E-state index in [4.69, 9.17) is 0 Å².